The van der Waals surface area contributed by atoms with E-state index in [2.05, 4.69) is 4.72 Å². The third kappa shape index (κ3) is 3.70. The molecular formula is C18H22ClN3O3S. The zero-order chi connectivity index (χ0) is 18.2. The van der Waals surface area contributed by atoms with Crippen LogP contribution in [-0.4, -0.2) is 27.4 Å². The number of halogens is 1. The summed E-state index contributed by atoms with van der Waals surface area (Å²) in [5.41, 5.74) is 9.32. The molecule has 8 heteroatoms. The topological polar surface area (TPSA) is 92.5 Å². The average molecular weight is 396 g/mol. The number of aryl methyl sites for hydroxylation is 1. The maximum atomic E-state index is 13.0. The summed E-state index contributed by atoms with van der Waals surface area (Å²) < 4.78 is 27.0. The van der Waals surface area contributed by atoms with Gasteiger partial charge in [-0.2, -0.15) is 0 Å². The zero-order valence-electron chi connectivity index (χ0n) is 14.7. The Bertz CT molecular complexity index is 945. The van der Waals surface area contributed by atoms with Gasteiger partial charge in [0.15, 0.2) is 0 Å². The second-order valence-electron chi connectivity index (χ2n) is 6.07. The Balaban J connectivity index is 0.00000243. The van der Waals surface area contributed by atoms with Crippen LogP contribution in [-0.2, 0) is 16.4 Å². The first-order valence-electron chi connectivity index (χ1n) is 8.14. The number of fused-ring (bicyclic) bond motifs is 1. The van der Waals surface area contributed by atoms with E-state index in [9.17, 15) is 13.2 Å². The van der Waals surface area contributed by atoms with Crippen LogP contribution in [0, 0.1) is 6.92 Å². The molecule has 6 nitrogen and oxygen atoms in total. The highest BCUT2D eigenvalue weighted by molar-refractivity contribution is 7.89. The number of amides is 1. The molecule has 0 fully saturated rings. The standard InChI is InChI=1S/C18H21N3O3S.ClH/c1-3-20-25(23,24)15-7-5-13-8-9-21(17(13)11-15)18(22)16-10-14(19)6-4-12(16)2;/h4-7,10-11,20H,3,8-9,19H2,1-2H3;1H. The van der Waals surface area contributed by atoms with Crippen LogP contribution in [0.25, 0.3) is 0 Å². The lowest BCUT2D eigenvalue weighted by atomic mass is 10.1. The average Bonchev–Trinajstić information content (AvgIpc) is 2.99. The third-order valence-electron chi connectivity index (χ3n) is 4.33. The summed E-state index contributed by atoms with van der Waals surface area (Å²) in [5, 5.41) is 0. The fraction of sp³-hybridized carbons (Fsp3) is 0.278. The van der Waals surface area contributed by atoms with Gasteiger partial charge in [-0.3, -0.25) is 4.79 Å². The Morgan fingerprint density at radius 2 is 1.96 bits per heavy atom. The zero-order valence-corrected chi connectivity index (χ0v) is 16.3. The van der Waals surface area contributed by atoms with Crippen LogP contribution in [0.3, 0.4) is 0 Å². The number of carbonyl (C=O) groups is 1. The van der Waals surface area contributed by atoms with Crippen molar-refractivity contribution in [3.63, 3.8) is 0 Å². The molecule has 140 valence electrons. The molecule has 0 aromatic heterocycles. The fourth-order valence-corrected chi connectivity index (χ4v) is 4.09. The van der Waals surface area contributed by atoms with Crippen molar-refractivity contribution in [3.8, 4) is 0 Å². The normalized spacial score (nSPS) is 13.2. The summed E-state index contributed by atoms with van der Waals surface area (Å²) in [7, 11) is -3.57. The second-order valence-corrected chi connectivity index (χ2v) is 7.84. The van der Waals surface area contributed by atoms with E-state index in [1.54, 1.807) is 42.2 Å². The molecule has 26 heavy (non-hydrogen) atoms. The van der Waals surface area contributed by atoms with Gasteiger partial charge in [-0.1, -0.05) is 19.1 Å². The van der Waals surface area contributed by atoms with Crippen LogP contribution in [0.4, 0.5) is 11.4 Å². The molecule has 0 saturated heterocycles. The summed E-state index contributed by atoms with van der Waals surface area (Å²) in [6.07, 6.45) is 0.698. The third-order valence-corrected chi connectivity index (χ3v) is 5.88. The minimum Gasteiger partial charge on any atom is -0.399 e. The van der Waals surface area contributed by atoms with Crippen LogP contribution in [0.2, 0.25) is 0 Å². The molecule has 1 amide bonds. The molecule has 0 aliphatic carbocycles. The maximum Gasteiger partial charge on any atom is 0.258 e. The number of hydrogen-bond donors (Lipinski definition) is 2. The van der Waals surface area contributed by atoms with E-state index in [1.165, 1.54) is 0 Å². The minimum absolute atomic E-state index is 0. The first kappa shape index (κ1) is 20.2. The molecule has 1 heterocycles. The molecule has 3 rings (SSSR count). The number of hydrogen-bond acceptors (Lipinski definition) is 4. The van der Waals surface area contributed by atoms with Gasteiger partial charge in [0.25, 0.3) is 5.91 Å². The number of sulfonamides is 1. The van der Waals surface area contributed by atoms with Crippen molar-refractivity contribution >= 4 is 39.7 Å². The molecule has 0 atom stereocenters. The predicted octanol–water partition coefficient (Wildman–Crippen LogP) is 2.50. The maximum absolute atomic E-state index is 13.0. The summed E-state index contributed by atoms with van der Waals surface area (Å²) in [6.45, 7) is 4.41. The Morgan fingerprint density at radius 1 is 1.23 bits per heavy atom. The summed E-state index contributed by atoms with van der Waals surface area (Å²) >= 11 is 0. The van der Waals surface area contributed by atoms with Gasteiger partial charge in [0, 0.05) is 30.0 Å². The molecule has 1 aliphatic rings. The number of anilines is 2. The van der Waals surface area contributed by atoms with Crippen molar-refractivity contribution in [1.29, 1.82) is 0 Å². The smallest absolute Gasteiger partial charge is 0.258 e. The lowest BCUT2D eigenvalue weighted by Gasteiger charge is -2.19. The first-order valence-corrected chi connectivity index (χ1v) is 9.62. The van der Waals surface area contributed by atoms with Crippen LogP contribution >= 0.6 is 12.4 Å². The van der Waals surface area contributed by atoms with Gasteiger partial charge in [0.05, 0.1) is 4.90 Å². The number of nitrogen functional groups attached to an aromatic ring is 1. The molecular weight excluding hydrogens is 374 g/mol. The Labute approximate surface area is 159 Å². The monoisotopic (exact) mass is 395 g/mol. The molecule has 0 saturated carbocycles. The number of rotatable bonds is 4. The van der Waals surface area contributed by atoms with Crippen molar-refractivity contribution in [1.82, 2.24) is 4.72 Å². The van der Waals surface area contributed by atoms with Gasteiger partial charge < -0.3 is 10.6 Å². The number of carbonyl (C=O) groups excluding carboxylic acids is 1. The van der Waals surface area contributed by atoms with Gasteiger partial charge in [-0.25, -0.2) is 13.1 Å². The molecule has 0 unspecified atom stereocenters. The summed E-state index contributed by atoms with van der Waals surface area (Å²) in [5.74, 6) is -0.165. The highest BCUT2D eigenvalue weighted by Gasteiger charge is 2.28. The number of nitrogens with zero attached hydrogens (tertiary/aromatic N) is 1. The Morgan fingerprint density at radius 3 is 2.65 bits per heavy atom. The highest BCUT2D eigenvalue weighted by atomic mass is 35.5. The number of nitrogens with two attached hydrogens (primary N) is 1. The first-order chi connectivity index (χ1) is 11.8. The Hall–Kier alpha value is -2.09. The quantitative estimate of drug-likeness (QED) is 0.778. The summed E-state index contributed by atoms with van der Waals surface area (Å²) in [6, 6.07) is 10.2. The number of nitrogens with one attached hydrogen (secondary N) is 1. The van der Waals surface area contributed by atoms with Gasteiger partial charge in [0.1, 0.15) is 0 Å². The molecule has 0 spiro atoms. The second kappa shape index (κ2) is 7.65. The van der Waals surface area contributed by atoms with Crippen molar-refractivity contribution < 1.29 is 13.2 Å². The van der Waals surface area contributed by atoms with Crippen molar-refractivity contribution in [2.24, 2.45) is 0 Å². The summed E-state index contributed by atoms with van der Waals surface area (Å²) in [4.78, 5) is 14.8. The lowest BCUT2D eigenvalue weighted by Crippen LogP contribution is -2.30. The van der Waals surface area contributed by atoms with Crippen LogP contribution in [0.5, 0.6) is 0 Å². The van der Waals surface area contributed by atoms with E-state index >= 15 is 0 Å². The number of benzene rings is 2. The largest absolute Gasteiger partial charge is 0.399 e. The van der Waals surface area contributed by atoms with Crippen LogP contribution in [0.1, 0.15) is 28.4 Å². The van der Waals surface area contributed by atoms with Gasteiger partial charge >= 0.3 is 0 Å². The van der Waals surface area contributed by atoms with Crippen LogP contribution in [0.15, 0.2) is 41.3 Å². The van der Waals surface area contributed by atoms with E-state index in [1.807, 2.05) is 13.0 Å². The molecule has 1 aliphatic heterocycles. The predicted molar refractivity (Wildman–Crippen MR) is 106 cm³/mol. The highest BCUT2D eigenvalue weighted by Crippen LogP contribution is 2.32. The lowest BCUT2D eigenvalue weighted by molar-refractivity contribution is 0.0989. The van der Waals surface area contributed by atoms with E-state index < -0.39 is 10.0 Å². The molecule has 0 radical (unpaired) electrons. The molecule has 3 N–H and O–H groups in total. The van der Waals surface area contributed by atoms with E-state index in [0.717, 1.165) is 11.1 Å². The minimum atomic E-state index is -3.57. The van der Waals surface area contributed by atoms with Crippen molar-refractivity contribution in [3.05, 3.63) is 53.1 Å². The molecule has 2 aromatic carbocycles. The van der Waals surface area contributed by atoms with E-state index in [-0.39, 0.29) is 23.2 Å². The SMILES string of the molecule is CCNS(=O)(=O)c1ccc2c(c1)N(C(=O)c1cc(N)ccc1C)CC2.Cl. The van der Waals surface area contributed by atoms with Gasteiger partial charge in [0.2, 0.25) is 10.0 Å². The van der Waals surface area contributed by atoms with Crippen molar-refractivity contribution in [2.75, 3.05) is 23.7 Å². The van der Waals surface area contributed by atoms with Gasteiger partial charge in [-0.15, -0.1) is 12.4 Å². The van der Waals surface area contributed by atoms with Crippen LogP contribution < -0.4 is 15.4 Å². The Kier molecular flexibility index (Phi) is 5.95. The molecule has 2 aromatic rings. The van der Waals surface area contributed by atoms with E-state index in [0.29, 0.717) is 36.4 Å². The van der Waals surface area contributed by atoms with Gasteiger partial charge in [-0.05, 0) is 48.7 Å². The molecule has 0 bridgehead atoms. The van der Waals surface area contributed by atoms with E-state index in [4.69, 9.17) is 5.73 Å². The fourth-order valence-electron chi connectivity index (χ4n) is 3.03. The van der Waals surface area contributed by atoms with Crippen molar-refractivity contribution in [2.45, 2.75) is 25.2 Å².